The normalized spacial score (nSPS) is 12.0. The highest BCUT2D eigenvalue weighted by atomic mass is 16.4. The number of phenolic OH excluding ortho intramolecular Hbond substituents is 2. The van der Waals surface area contributed by atoms with E-state index in [4.69, 9.17) is 0 Å². The molecule has 3 N–H and O–H groups in total. The minimum atomic E-state index is -1.17. The lowest BCUT2D eigenvalue weighted by atomic mass is 10.0. The summed E-state index contributed by atoms with van der Waals surface area (Å²) < 4.78 is 0. The molecule has 0 radical (unpaired) electrons. The van der Waals surface area contributed by atoms with Gasteiger partial charge in [-0.15, -0.1) is 0 Å². The van der Waals surface area contributed by atoms with E-state index >= 15 is 0 Å². The van der Waals surface area contributed by atoms with Crippen LogP contribution >= 0.6 is 0 Å². The molecule has 0 unspecified atom stereocenters. The van der Waals surface area contributed by atoms with E-state index in [9.17, 15) is 24.9 Å². The lowest BCUT2D eigenvalue weighted by Gasteiger charge is -2.05. The Hall–Kier alpha value is -2.82. The molecule has 0 atom stereocenters. The van der Waals surface area contributed by atoms with Crippen LogP contribution in [0.25, 0.3) is 0 Å². The van der Waals surface area contributed by atoms with Gasteiger partial charge in [-0.25, -0.2) is 4.79 Å². The van der Waals surface area contributed by atoms with E-state index in [1.807, 2.05) is 26.8 Å². The van der Waals surface area contributed by atoms with Crippen LogP contribution < -0.4 is 0 Å². The van der Waals surface area contributed by atoms with Crippen molar-refractivity contribution in [3.63, 3.8) is 0 Å². The highest BCUT2D eigenvalue weighted by Gasteiger charge is 2.17. The maximum absolute atomic E-state index is 12.2. The summed E-state index contributed by atoms with van der Waals surface area (Å²) in [5, 5.41) is 28.4. The maximum atomic E-state index is 12.2. The second-order valence-electron chi connectivity index (χ2n) is 6.44. The Morgan fingerprint density at radius 1 is 1.04 bits per heavy atom. The smallest absolute Gasteiger partial charge is 0.331 e. The number of hydrogen-bond acceptors (Lipinski definition) is 4. The second kappa shape index (κ2) is 10.2. The molecule has 0 fully saturated rings. The molecule has 5 nitrogen and oxygen atoms in total. The first-order chi connectivity index (χ1) is 12.2. The Bertz CT molecular complexity index is 750. The summed E-state index contributed by atoms with van der Waals surface area (Å²) in [6, 6.07) is 3.58. The zero-order chi connectivity index (χ0) is 19.7. The molecule has 1 rings (SSSR count). The van der Waals surface area contributed by atoms with Crippen molar-refractivity contribution >= 4 is 11.8 Å². The van der Waals surface area contributed by atoms with Crippen LogP contribution in [0.3, 0.4) is 0 Å². The van der Waals surface area contributed by atoms with Gasteiger partial charge in [-0.3, -0.25) is 4.79 Å². The standard InChI is InChI=1S/C21H26O5/c1-14(2)6-4-7-15(3)8-5-9-16(21(25)26)12-20(24)18-13-17(22)10-11-19(18)23/h6,8-11,13,22-23H,4-5,7,12H2,1-3H3,(H,25,26)/b15-8+,16-9+. The highest BCUT2D eigenvalue weighted by molar-refractivity contribution is 6.04. The minimum Gasteiger partial charge on any atom is -0.508 e. The fourth-order valence-electron chi connectivity index (χ4n) is 2.34. The number of ketones is 1. The van der Waals surface area contributed by atoms with Gasteiger partial charge in [-0.1, -0.05) is 29.4 Å². The summed E-state index contributed by atoms with van der Waals surface area (Å²) in [5.41, 5.74) is 2.29. The topological polar surface area (TPSA) is 94.8 Å². The molecule has 26 heavy (non-hydrogen) atoms. The quantitative estimate of drug-likeness (QED) is 0.256. The number of carbonyl (C=O) groups excluding carboxylic acids is 1. The molecule has 0 aromatic heterocycles. The monoisotopic (exact) mass is 358 g/mol. The van der Waals surface area contributed by atoms with Crippen molar-refractivity contribution in [2.45, 2.75) is 46.5 Å². The molecule has 0 aliphatic carbocycles. The van der Waals surface area contributed by atoms with Crippen molar-refractivity contribution in [1.82, 2.24) is 0 Å². The summed E-state index contributed by atoms with van der Waals surface area (Å²) in [4.78, 5) is 23.6. The van der Waals surface area contributed by atoms with Crippen molar-refractivity contribution in [3.05, 3.63) is 58.7 Å². The molecule has 0 saturated carbocycles. The van der Waals surface area contributed by atoms with Crippen LogP contribution in [0.15, 0.2) is 53.1 Å². The summed E-state index contributed by atoms with van der Waals surface area (Å²) in [6.45, 7) is 6.08. The van der Waals surface area contributed by atoms with Gasteiger partial charge in [0.05, 0.1) is 5.56 Å². The second-order valence-corrected chi connectivity index (χ2v) is 6.44. The number of benzene rings is 1. The van der Waals surface area contributed by atoms with Crippen LogP contribution in [0, 0.1) is 0 Å². The average molecular weight is 358 g/mol. The van der Waals surface area contributed by atoms with E-state index in [0.29, 0.717) is 6.42 Å². The van der Waals surface area contributed by atoms with Crippen molar-refractivity contribution in [1.29, 1.82) is 0 Å². The van der Waals surface area contributed by atoms with Gasteiger partial charge in [-0.05, 0) is 58.2 Å². The number of rotatable bonds is 9. The van der Waals surface area contributed by atoms with Gasteiger partial charge in [0.25, 0.3) is 0 Å². The van der Waals surface area contributed by atoms with Gasteiger partial charge >= 0.3 is 5.97 Å². The van der Waals surface area contributed by atoms with Gasteiger partial charge in [0.15, 0.2) is 5.78 Å². The fraction of sp³-hybridized carbons (Fsp3) is 0.333. The van der Waals surface area contributed by atoms with Crippen LogP contribution in [-0.4, -0.2) is 27.1 Å². The molecule has 0 amide bonds. The molecular weight excluding hydrogens is 332 g/mol. The molecular formula is C21H26O5. The van der Waals surface area contributed by atoms with Crippen molar-refractivity contribution in [3.8, 4) is 11.5 Å². The lowest BCUT2D eigenvalue weighted by molar-refractivity contribution is -0.132. The highest BCUT2D eigenvalue weighted by Crippen LogP contribution is 2.24. The molecule has 140 valence electrons. The number of allylic oxidation sites excluding steroid dienone is 5. The molecule has 0 heterocycles. The van der Waals surface area contributed by atoms with E-state index in [-0.39, 0.29) is 29.1 Å². The molecule has 0 bridgehead atoms. The zero-order valence-corrected chi connectivity index (χ0v) is 15.5. The summed E-state index contributed by atoms with van der Waals surface area (Å²) in [5.74, 6) is -2.18. The Balaban J connectivity index is 2.78. The number of aromatic hydroxyl groups is 2. The Morgan fingerprint density at radius 3 is 2.35 bits per heavy atom. The molecule has 0 spiro atoms. The SMILES string of the molecule is CC(C)=CCC/C(C)=C/C/C=C(\CC(=O)c1cc(O)ccc1O)C(=O)O. The van der Waals surface area contributed by atoms with Gasteiger partial charge in [0, 0.05) is 12.0 Å². The van der Waals surface area contributed by atoms with E-state index in [1.54, 1.807) is 0 Å². The summed E-state index contributed by atoms with van der Waals surface area (Å²) in [7, 11) is 0. The summed E-state index contributed by atoms with van der Waals surface area (Å²) in [6.07, 6.45) is 7.50. The molecule has 1 aromatic rings. The molecule has 1 aromatic carbocycles. The third-order valence-electron chi connectivity index (χ3n) is 3.83. The van der Waals surface area contributed by atoms with E-state index < -0.39 is 11.8 Å². The van der Waals surface area contributed by atoms with Crippen molar-refractivity contribution in [2.24, 2.45) is 0 Å². The lowest BCUT2D eigenvalue weighted by Crippen LogP contribution is -2.08. The van der Waals surface area contributed by atoms with Gasteiger partial charge < -0.3 is 15.3 Å². The molecule has 5 heteroatoms. The number of hydrogen-bond donors (Lipinski definition) is 3. The van der Waals surface area contributed by atoms with Crippen LogP contribution in [-0.2, 0) is 4.79 Å². The Kier molecular flexibility index (Phi) is 8.35. The first-order valence-corrected chi connectivity index (χ1v) is 8.47. The number of carboxylic acids is 1. The minimum absolute atomic E-state index is 0.0360. The molecule has 0 saturated heterocycles. The van der Waals surface area contributed by atoms with Crippen LogP contribution in [0.2, 0.25) is 0 Å². The van der Waals surface area contributed by atoms with Crippen molar-refractivity contribution in [2.75, 3.05) is 0 Å². The van der Waals surface area contributed by atoms with Crippen LogP contribution in [0.5, 0.6) is 11.5 Å². The van der Waals surface area contributed by atoms with Crippen molar-refractivity contribution < 1.29 is 24.9 Å². The van der Waals surface area contributed by atoms with E-state index in [2.05, 4.69) is 6.08 Å². The third kappa shape index (κ3) is 7.38. The van der Waals surface area contributed by atoms with Crippen LogP contribution in [0.4, 0.5) is 0 Å². The Labute approximate surface area is 154 Å². The van der Waals surface area contributed by atoms with E-state index in [0.717, 1.165) is 24.5 Å². The van der Waals surface area contributed by atoms with Gasteiger partial charge in [-0.2, -0.15) is 0 Å². The zero-order valence-electron chi connectivity index (χ0n) is 15.5. The van der Waals surface area contributed by atoms with Gasteiger partial charge in [0.2, 0.25) is 0 Å². The van der Waals surface area contributed by atoms with Gasteiger partial charge in [0.1, 0.15) is 11.5 Å². The number of Topliss-reactive ketones (excluding diaryl/α,β-unsaturated/α-hetero) is 1. The first kappa shape index (κ1) is 21.2. The maximum Gasteiger partial charge on any atom is 0.331 e. The molecule has 0 aliphatic heterocycles. The van der Waals surface area contributed by atoms with E-state index in [1.165, 1.54) is 23.8 Å². The average Bonchev–Trinajstić information content (AvgIpc) is 2.55. The third-order valence-corrected chi connectivity index (χ3v) is 3.83. The largest absolute Gasteiger partial charge is 0.508 e. The predicted molar refractivity (Wildman–Crippen MR) is 101 cm³/mol. The number of aliphatic carboxylic acids is 1. The first-order valence-electron chi connectivity index (χ1n) is 8.47. The fourth-order valence-corrected chi connectivity index (χ4v) is 2.34. The summed E-state index contributed by atoms with van der Waals surface area (Å²) >= 11 is 0. The number of carboxylic acid groups (broad SMARTS) is 1. The number of carbonyl (C=O) groups is 2. The molecule has 0 aliphatic rings. The van der Waals surface area contributed by atoms with Crippen LogP contribution in [0.1, 0.15) is 56.8 Å². The Morgan fingerprint density at radius 2 is 1.73 bits per heavy atom. The number of phenols is 2. The predicted octanol–water partition coefficient (Wildman–Crippen LogP) is 4.76.